The molecule has 104 valence electrons. The summed E-state index contributed by atoms with van der Waals surface area (Å²) >= 11 is 3.46. The summed E-state index contributed by atoms with van der Waals surface area (Å²) in [5.41, 5.74) is 2.45. The highest BCUT2D eigenvalue weighted by molar-refractivity contribution is 9.10. The van der Waals surface area contributed by atoms with Crippen LogP contribution in [-0.4, -0.2) is 13.1 Å². The van der Waals surface area contributed by atoms with Gasteiger partial charge in [-0.1, -0.05) is 40.2 Å². The van der Waals surface area contributed by atoms with Gasteiger partial charge in [0.25, 0.3) is 0 Å². The normalized spacial score (nSPS) is 11.8. The second-order valence-electron chi connectivity index (χ2n) is 4.46. The number of halogens is 1. The highest BCUT2D eigenvalue weighted by Gasteiger charge is 2.13. The summed E-state index contributed by atoms with van der Waals surface area (Å²) in [6, 6.07) is 15.5. The van der Waals surface area contributed by atoms with Gasteiger partial charge in [-0.3, -0.25) is 0 Å². The zero-order valence-electron chi connectivity index (χ0n) is 11.4. The van der Waals surface area contributed by atoms with Crippen molar-refractivity contribution in [2.75, 3.05) is 12.4 Å². The second kappa shape index (κ2) is 6.57. The molecule has 0 heterocycles. The molecule has 1 N–H and O–H groups in total. The number of esters is 1. The Morgan fingerprint density at radius 1 is 1.20 bits per heavy atom. The number of hydrogen-bond donors (Lipinski definition) is 1. The molecule has 0 saturated heterocycles. The van der Waals surface area contributed by atoms with E-state index in [0.29, 0.717) is 5.56 Å². The molecule has 0 aliphatic heterocycles. The average molecular weight is 334 g/mol. The number of carbonyl (C=O) groups excluding carboxylic acids is 1. The number of nitrogens with one attached hydrogen (secondary N) is 1. The first-order valence-electron chi connectivity index (χ1n) is 6.31. The number of rotatable bonds is 4. The van der Waals surface area contributed by atoms with E-state index >= 15 is 0 Å². The van der Waals surface area contributed by atoms with Gasteiger partial charge in [-0.2, -0.15) is 0 Å². The molecule has 0 aliphatic rings. The lowest BCUT2D eigenvalue weighted by molar-refractivity contribution is 0.0602. The van der Waals surface area contributed by atoms with Crippen LogP contribution in [0.5, 0.6) is 0 Å². The zero-order chi connectivity index (χ0) is 14.5. The van der Waals surface area contributed by atoms with Crippen LogP contribution in [0.15, 0.2) is 53.0 Å². The van der Waals surface area contributed by atoms with Gasteiger partial charge in [-0.15, -0.1) is 0 Å². The first-order valence-corrected chi connectivity index (χ1v) is 7.10. The fourth-order valence-electron chi connectivity index (χ4n) is 1.99. The van der Waals surface area contributed by atoms with Crippen LogP contribution in [0.3, 0.4) is 0 Å². The highest BCUT2D eigenvalue weighted by atomic mass is 79.9. The monoisotopic (exact) mass is 333 g/mol. The van der Waals surface area contributed by atoms with Crippen molar-refractivity contribution in [3.63, 3.8) is 0 Å². The Kier molecular flexibility index (Phi) is 4.79. The van der Waals surface area contributed by atoms with E-state index < -0.39 is 0 Å². The lowest BCUT2D eigenvalue weighted by Crippen LogP contribution is -2.11. The maximum atomic E-state index is 11.7. The Labute approximate surface area is 127 Å². The van der Waals surface area contributed by atoms with Crippen LogP contribution in [0.2, 0.25) is 0 Å². The lowest BCUT2D eigenvalue weighted by atomic mass is 10.1. The third kappa shape index (κ3) is 3.39. The Bertz CT molecular complexity index is 613. The molecular weight excluding hydrogens is 318 g/mol. The predicted octanol–water partition coefficient (Wildman–Crippen LogP) is 4.41. The minimum absolute atomic E-state index is 0.0818. The molecule has 4 heteroatoms. The molecule has 0 radical (unpaired) electrons. The third-order valence-electron chi connectivity index (χ3n) is 3.05. The fraction of sp³-hybridized carbons (Fsp3) is 0.188. The number of methoxy groups -OCH3 is 1. The molecular formula is C16H16BrNO2. The van der Waals surface area contributed by atoms with Gasteiger partial charge in [0.05, 0.1) is 12.7 Å². The quantitative estimate of drug-likeness (QED) is 0.842. The van der Waals surface area contributed by atoms with Crippen molar-refractivity contribution >= 4 is 27.6 Å². The van der Waals surface area contributed by atoms with Gasteiger partial charge in [0.15, 0.2) is 0 Å². The van der Waals surface area contributed by atoms with Gasteiger partial charge in [0.2, 0.25) is 0 Å². The van der Waals surface area contributed by atoms with E-state index in [0.717, 1.165) is 15.7 Å². The van der Waals surface area contributed by atoms with Crippen LogP contribution < -0.4 is 5.32 Å². The standard InChI is InChI=1S/C16H16BrNO2/c1-11(12-6-5-7-13(17)10-12)18-15-9-4-3-8-14(15)16(19)20-2/h3-11,18H,1-2H3. The van der Waals surface area contributed by atoms with Crippen LogP contribution in [0.25, 0.3) is 0 Å². The Balaban J connectivity index is 2.24. The molecule has 20 heavy (non-hydrogen) atoms. The van der Waals surface area contributed by atoms with Crippen molar-refractivity contribution in [2.45, 2.75) is 13.0 Å². The first-order chi connectivity index (χ1) is 9.61. The smallest absolute Gasteiger partial charge is 0.339 e. The van der Waals surface area contributed by atoms with Gasteiger partial charge in [-0.05, 0) is 36.8 Å². The number of hydrogen-bond acceptors (Lipinski definition) is 3. The van der Waals surface area contributed by atoms with E-state index in [4.69, 9.17) is 4.74 Å². The number of para-hydroxylation sites is 1. The fourth-order valence-corrected chi connectivity index (χ4v) is 2.41. The average Bonchev–Trinajstić information content (AvgIpc) is 2.47. The van der Waals surface area contributed by atoms with E-state index in [1.54, 1.807) is 6.07 Å². The molecule has 2 aromatic carbocycles. The van der Waals surface area contributed by atoms with E-state index in [-0.39, 0.29) is 12.0 Å². The molecule has 2 aromatic rings. The molecule has 0 aliphatic carbocycles. The summed E-state index contributed by atoms with van der Waals surface area (Å²) in [7, 11) is 1.39. The Hall–Kier alpha value is -1.81. The van der Waals surface area contributed by atoms with Crippen LogP contribution in [-0.2, 0) is 4.74 Å². The summed E-state index contributed by atoms with van der Waals surface area (Å²) in [4.78, 5) is 11.7. The topological polar surface area (TPSA) is 38.3 Å². The Morgan fingerprint density at radius 3 is 2.65 bits per heavy atom. The number of anilines is 1. The van der Waals surface area contributed by atoms with Gasteiger partial charge >= 0.3 is 5.97 Å². The van der Waals surface area contributed by atoms with E-state index in [1.807, 2.05) is 36.4 Å². The van der Waals surface area contributed by atoms with E-state index in [2.05, 4.69) is 34.2 Å². The van der Waals surface area contributed by atoms with Crippen molar-refractivity contribution in [1.82, 2.24) is 0 Å². The first kappa shape index (κ1) is 14.6. The van der Waals surface area contributed by atoms with Crippen LogP contribution >= 0.6 is 15.9 Å². The minimum Gasteiger partial charge on any atom is -0.465 e. The summed E-state index contributed by atoms with van der Waals surface area (Å²) < 4.78 is 5.83. The van der Waals surface area contributed by atoms with Crippen LogP contribution in [0, 0.1) is 0 Å². The van der Waals surface area contributed by atoms with Gasteiger partial charge in [-0.25, -0.2) is 4.79 Å². The maximum Gasteiger partial charge on any atom is 0.339 e. The molecule has 0 saturated carbocycles. The van der Waals surface area contributed by atoms with Crippen molar-refractivity contribution in [1.29, 1.82) is 0 Å². The van der Waals surface area contributed by atoms with Crippen molar-refractivity contribution < 1.29 is 9.53 Å². The highest BCUT2D eigenvalue weighted by Crippen LogP contribution is 2.24. The lowest BCUT2D eigenvalue weighted by Gasteiger charge is -2.18. The third-order valence-corrected chi connectivity index (χ3v) is 3.55. The van der Waals surface area contributed by atoms with Crippen molar-refractivity contribution in [3.8, 4) is 0 Å². The summed E-state index contributed by atoms with van der Waals surface area (Å²) in [6.45, 7) is 2.05. The second-order valence-corrected chi connectivity index (χ2v) is 5.37. The van der Waals surface area contributed by atoms with Gasteiger partial charge in [0.1, 0.15) is 0 Å². The summed E-state index contributed by atoms with van der Waals surface area (Å²) in [5.74, 6) is -0.338. The molecule has 0 spiro atoms. The van der Waals surface area contributed by atoms with Crippen molar-refractivity contribution in [3.05, 3.63) is 64.1 Å². The zero-order valence-corrected chi connectivity index (χ0v) is 13.0. The minimum atomic E-state index is -0.338. The molecule has 1 unspecified atom stereocenters. The summed E-state index contributed by atoms with van der Waals surface area (Å²) in [5, 5.41) is 3.35. The van der Waals surface area contributed by atoms with E-state index in [1.165, 1.54) is 7.11 Å². The number of benzene rings is 2. The number of ether oxygens (including phenoxy) is 1. The van der Waals surface area contributed by atoms with Crippen molar-refractivity contribution in [2.24, 2.45) is 0 Å². The maximum absolute atomic E-state index is 11.7. The SMILES string of the molecule is COC(=O)c1ccccc1NC(C)c1cccc(Br)c1. The summed E-state index contributed by atoms with van der Waals surface area (Å²) in [6.07, 6.45) is 0. The Morgan fingerprint density at radius 2 is 1.95 bits per heavy atom. The van der Waals surface area contributed by atoms with Gasteiger partial charge in [0, 0.05) is 16.2 Å². The van der Waals surface area contributed by atoms with Crippen LogP contribution in [0.1, 0.15) is 28.9 Å². The molecule has 2 rings (SSSR count). The molecule has 0 fully saturated rings. The molecule has 1 atom stereocenters. The van der Waals surface area contributed by atoms with Crippen LogP contribution in [0.4, 0.5) is 5.69 Å². The molecule has 3 nitrogen and oxygen atoms in total. The molecule has 0 aromatic heterocycles. The van der Waals surface area contributed by atoms with E-state index in [9.17, 15) is 4.79 Å². The molecule has 0 amide bonds. The number of carbonyl (C=O) groups is 1. The largest absolute Gasteiger partial charge is 0.465 e. The van der Waals surface area contributed by atoms with Gasteiger partial charge < -0.3 is 10.1 Å². The molecule has 0 bridgehead atoms. The predicted molar refractivity (Wildman–Crippen MR) is 84.0 cm³/mol.